The SMILES string of the molecule is CCCCCCCCCCCC(=O)O[C@@H]1[C@@H](OC(=O)CCCCCCCCCCC)[C@H](OP(=O)(O)O)[C@@H](OP(=O)(O)O)[C@@H](OP(=O)(O)O)[C@H]1OC(=O)CCCCCCCCCCC. The molecular weight excluding hydrogens is 885 g/mol. The molecule has 6 N–H and O–H groups in total. The van der Waals surface area contributed by atoms with Crippen LogP contribution in [-0.4, -0.2) is 83.9 Å². The first-order valence-corrected chi connectivity index (χ1v) is 28.2. The van der Waals surface area contributed by atoms with Crippen molar-refractivity contribution in [3.05, 3.63) is 0 Å². The predicted molar refractivity (Wildman–Crippen MR) is 236 cm³/mol. The monoisotopic (exact) mass is 966 g/mol. The van der Waals surface area contributed by atoms with Crippen LogP contribution in [0.15, 0.2) is 0 Å². The molecule has 18 nitrogen and oxygen atoms in total. The average Bonchev–Trinajstić information content (AvgIpc) is 3.18. The Hall–Kier alpha value is -1.26. The van der Waals surface area contributed by atoms with Crippen molar-refractivity contribution in [2.75, 3.05) is 0 Å². The topological polar surface area (TPSA) is 279 Å². The molecule has 63 heavy (non-hydrogen) atoms. The van der Waals surface area contributed by atoms with Gasteiger partial charge in [0.05, 0.1) is 0 Å². The summed E-state index contributed by atoms with van der Waals surface area (Å²) in [4.78, 5) is 100. The highest BCUT2D eigenvalue weighted by Gasteiger charge is 2.62. The van der Waals surface area contributed by atoms with Crippen LogP contribution in [0.5, 0.6) is 0 Å². The summed E-state index contributed by atoms with van der Waals surface area (Å²) in [6, 6.07) is 0. The predicted octanol–water partition coefficient (Wildman–Crippen LogP) is 9.93. The number of esters is 3. The molecular formula is C42H81O18P3. The summed E-state index contributed by atoms with van der Waals surface area (Å²) in [5, 5.41) is 0. The van der Waals surface area contributed by atoms with Gasteiger partial charge in [0.2, 0.25) is 0 Å². The Bertz CT molecular complexity index is 1310. The van der Waals surface area contributed by atoms with Crippen LogP contribution in [0.25, 0.3) is 0 Å². The highest BCUT2D eigenvalue weighted by molar-refractivity contribution is 7.47. The Labute approximate surface area is 375 Å². The first kappa shape index (κ1) is 59.8. The minimum absolute atomic E-state index is 0.221. The summed E-state index contributed by atoms with van der Waals surface area (Å²) in [7, 11) is -17.3. The van der Waals surface area contributed by atoms with Crippen molar-refractivity contribution >= 4 is 41.4 Å². The molecule has 1 aliphatic carbocycles. The van der Waals surface area contributed by atoms with E-state index in [2.05, 4.69) is 20.8 Å². The van der Waals surface area contributed by atoms with Gasteiger partial charge >= 0.3 is 41.4 Å². The fraction of sp³-hybridized carbons (Fsp3) is 0.929. The van der Waals surface area contributed by atoms with Gasteiger partial charge < -0.3 is 43.6 Å². The smallest absolute Gasteiger partial charge is 0.455 e. The maximum atomic E-state index is 13.5. The minimum atomic E-state index is -5.77. The lowest BCUT2D eigenvalue weighted by Gasteiger charge is -2.47. The summed E-state index contributed by atoms with van der Waals surface area (Å²) in [6.45, 7) is 6.39. The van der Waals surface area contributed by atoms with Crippen molar-refractivity contribution in [2.45, 2.75) is 250 Å². The highest BCUT2D eigenvalue weighted by atomic mass is 31.2. The van der Waals surface area contributed by atoms with Crippen molar-refractivity contribution in [1.82, 2.24) is 0 Å². The summed E-state index contributed by atoms with van der Waals surface area (Å²) < 4.78 is 69.0. The van der Waals surface area contributed by atoms with Crippen molar-refractivity contribution < 1.29 is 85.2 Å². The second-order valence-electron chi connectivity index (χ2n) is 16.8. The van der Waals surface area contributed by atoms with Gasteiger partial charge in [0.1, 0.15) is 18.3 Å². The molecule has 0 bridgehead atoms. The van der Waals surface area contributed by atoms with Gasteiger partial charge in [0.15, 0.2) is 18.3 Å². The molecule has 0 radical (unpaired) electrons. The zero-order valence-electron chi connectivity index (χ0n) is 38.1. The second kappa shape index (κ2) is 34.1. The van der Waals surface area contributed by atoms with E-state index in [9.17, 15) is 57.4 Å². The lowest BCUT2D eigenvalue weighted by Crippen LogP contribution is -2.67. The number of unbranched alkanes of at least 4 members (excludes halogenated alkanes) is 24. The molecule has 0 aromatic carbocycles. The van der Waals surface area contributed by atoms with Gasteiger partial charge in [-0.3, -0.25) is 28.0 Å². The molecule has 0 spiro atoms. The van der Waals surface area contributed by atoms with Gasteiger partial charge in [-0.25, -0.2) is 13.7 Å². The van der Waals surface area contributed by atoms with Crippen LogP contribution in [-0.2, 0) is 55.9 Å². The quantitative estimate of drug-likeness (QED) is 0.0145. The Morgan fingerprint density at radius 2 is 0.492 bits per heavy atom. The number of hydrogen-bond donors (Lipinski definition) is 6. The zero-order valence-corrected chi connectivity index (χ0v) is 40.8. The van der Waals surface area contributed by atoms with Crippen molar-refractivity contribution in [2.24, 2.45) is 0 Å². The number of phosphoric ester groups is 3. The molecule has 0 aromatic heterocycles. The molecule has 6 atom stereocenters. The molecule has 1 rings (SSSR count). The zero-order chi connectivity index (χ0) is 47.2. The van der Waals surface area contributed by atoms with Gasteiger partial charge in [-0.1, -0.05) is 175 Å². The van der Waals surface area contributed by atoms with Crippen LogP contribution in [0.3, 0.4) is 0 Å². The normalized spacial score (nSPS) is 20.7. The third-order valence-corrected chi connectivity index (χ3v) is 12.5. The molecule has 1 saturated carbocycles. The van der Waals surface area contributed by atoms with E-state index in [4.69, 9.17) is 27.8 Å². The fourth-order valence-corrected chi connectivity index (χ4v) is 9.40. The maximum Gasteiger partial charge on any atom is 0.470 e. The van der Waals surface area contributed by atoms with Crippen LogP contribution < -0.4 is 0 Å². The van der Waals surface area contributed by atoms with Crippen molar-refractivity contribution in [3.63, 3.8) is 0 Å². The molecule has 0 unspecified atom stereocenters. The summed E-state index contributed by atoms with van der Waals surface area (Å²) >= 11 is 0. The standard InChI is InChI=1S/C42H81O18P3/c1-4-7-10-13-16-19-22-25-28-31-34(43)55-37-38(56-35(44)32-29-26-23-20-17-14-11-8-5-2)40(58-61(46,47)48)42(60-63(52,53)54)41(59-62(49,50)51)39(37)57-36(45)33-30-27-24-21-18-15-12-9-6-3/h37-42H,4-33H2,1-3H3,(H2,46,47,48)(H2,49,50,51)(H2,52,53,54)/t37-,38-,39+,40-,41-,42-/m0/s1. The molecule has 1 aliphatic rings. The molecule has 372 valence electrons. The molecule has 0 aliphatic heterocycles. The maximum absolute atomic E-state index is 13.5. The number of carbonyl (C=O) groups excluding carboxylic acids is 3. The van der Waals surface area contributed by atoms with Gasteiger partial charge in [-0.05, 0) is 19.3 Å². The second-order valence-corrected chi connectivity index (χ2v) is 20.4. The summed E-state index contributed by atoms with van der Waals surface area (Å²) in [6.07, 6.45) is 9.87. The van der Waals surface area contributed by atoms with Crippen LogP contribution >= 0.6 is 23.5 Å². The first-order chi connectivity index (χ1) is 29.8. The van der Waals surface area contributed by atoms with Gasteiger partial charge in [0.25, 0.3) is 0 Å². The Kier molecular flexibility index (Phi) is 32.3. The van der Waals surface area contributed by atoms with Crippen LogP contribution in [0.2, 0.25) is 0 Å². The van der Waals surface area contributed by atoms with Gasteiger partial charge in [0, 0.05) is 19.3 Å². The lowest BCUT2D eigenvalue weighted by atomic mass is 9.84. The Balaban J connectivity index is 3.51. The van der Waals surface area contributed by atoms with Crippen LogP contribution in [0.1, 0.15) is 213 Å². The van der Waals surface area contributed by atoms with Crippen LogP contribution in [0.4, 0.5) is 0 Å². The average molecular weight is 967 g/mol. The van der Waals surface area contributed by atoms with Gasteiger partial charge in [-0.2, -0.15) is 0 Å². The van der Waals surface area contributed by atoms with Crippen molar-refractivity contribution in [3.8, 4) is 0 Å². The van der Waals surface area contributed by atoms with E-state index in [1.54, 1.807) is 0 Å². The third kappa shape index (κ3) is 30.6. The number of hydrogen-bond acceptors (Lipinski definition) is 12. The summed E-state index contributed by atoms with van der Waals surface area (Å²) in [5.74, 6) is -2.94. The largest absolute Gasteiger partial charge is 0.470 e. The van der Waals surface area contributed by atoms with E-state index in [1.807, 2.05) is 0 Å². The van der Waals surface area contributed by atoms with E-state index in [-0.39, 0.29) is 19.3 Å². The number of rotatable bonds is 39. The number of ether oxygens (including phenoxy) is 3. The lowest BCUT2D eigenvalue weighted by molar-refractivity contribution is -0.241. The third-order valence-electron chi connectivity index (χ3n) is 11.0. The first-order valence-electron chi connectivity index (χ1n) is 23.6. The number of carbonyl (C=O) groups is 3. The molecule has 0 amide bonds. The molecule has 21 heteroatoms. The van der Waals surface area contributed by atoms with E-state index in [1.165, 1.54) is 0 Å². The molecule has 0 heterocycles. The summed E-state index contributed by atoms with van der Waals surface area (Å²) in [5.41, 5.74) is 0. The van der Waals surface area contributed by atoms with E-state index in [0.717, 1.165) is 135 Å². The van der Waals surface area contributed by atoms with E-state index in [0.29, 0.717) is 38.5 Å². The fourth-order valence-electron chi connectivity index (χ4n) is 7.73. The molecule has 0 saturated heterocycles. The van der Waals surface area contributed by atoms with Gasteiger partial charge in [-0.15, -0.1) is 0 Å². The number of phosphoric acid groups is 3. The highest BCUT2D eigenvalue weighted by Crippen LogP contribution is 2.51. The van der Waals surface area contributed by atoms with Crippen LogP contribution in [0, 0.1) is 0 Å². The Morgan fingerprint density at radius 3 is 0.698 bits per heavy atom. The molecule has 1 fully saturated rings. The van der Waals surface area contributed by atoms with E-state index < -0.39 is 78.0 Å². The molecule has 0 aromatic rings. The van der Waals surface area contributed by atoms with E-state index >= 15 is 0 Å². The Morgan fingerprint density at radius 1 is 0.317 bits per heavy atom. The minimum Gasteiger partial charge on any atom is -0.455 e. The van der Waals surface area contributed by atoms with Crippen molar-refractivity contribution in [1.29, 1.82) is 0 Å².